The van der Waals surface area contributed by atoms with Crippen molar-refractivity contribution in [2.75, 3.05) is 4.72 Å². The molecule has 1 N–H and O–H groups in total. The zero-order chi connectivity index (χ0) is 13.2. The normalized spacial score (nSPS) is 11.2. The minimum atomic E-state index is -3.51. The molecule has 2 aromatic carbocycles. The van der Waals surface area contributed by atoms with Crippen LogP contribution in [0, 0.1) is 13.8 Å². The number of sulfonamides is 1. The Morgan fingerprint density at radius 3 is 2.11 bits per heavy atom. The minimum absolute atomic E-state index is 0.311. The molecule has 3 nitrogen and oxygen atoms in total. The van der Waals surface area contributed by atoms with Gasteiger partial charge < -0.3 is 0 Å². The van der Waals surface area contributed by atoms with Crippen LogP contribution in [0.3, 0.4) is 0 Å². The molecule has 2 rings (SSSR count). The Kier molecular flexibility index (Phi) is 3.39. The molecule has 0 saturated carbocycles. The number of hydrogen-bond acceptors (Lipinski definition) is 2. The molecule has 0 spiro atoms. The van der Waals surface area contributed by atoms with Crippen LogP contribution in [-0.2, 0) is 10.0 Å². The van der Waals surface area contributed by atoms with Crippen LogP contribution in [0.1, 0.15) is 11.1 Å². The molecule has 2 aromatic rings. The SMILES string of the molecule is Cc1ccc(NS(=O)(=O)c2ccccc2C)cc1. The second-order valence-corrected chi connectivity index (χ2v) is 5.89. The lowest BCUT2D eigenvalue weighted by Crippen LogP contribution is -2.14. The molecule has 0 heterocycles. The van der Waals surface area contributed by atoms with Gasteiger partial charge in [0.1, 0.15) is 0 Å². The molecule has 0 amide bonds. The number of hydrogen-bond donors (Lipinski definition) is 1. The molecule has 0 atom stereocenters. The average molecular weight is 261 g/mol. The number of anilines is 1. The zero-order valence-electron chi connectivity index (χ0n) is 10.3. The highest BCUT2D eigenvalue weighted by Crippen LogP contribution is 2.19. The molecule has 0 aliphatic carbocycles. The largest absolute Gasteiger partial charge is 0.280 e. The van der Waals surface area contributed by atoms with Gasteiger partial charge in [-0.15, -0.1) is 0 Å². The third-order valence-electron chi connectivity index (χ3n) is 2.69. The minimum Gasteiger partial charge on any atom is -0.280 e. The Hall–Kier alpha value is -1.81. The first-order valence-electron chi connectivity index (χ1n) is 5.64. The summed E-state index contributed by atoms with van der Waals surface area (Å²) in [6, 6.07) is 14.2. The van der Waals surface area contributed by atoms with Gasteiger partial charge in [0, 0.05) is 5.69 Å². The molecule has 0 bridgehead atoms. The lowest BCUT2D eigenvalue weighted by molar-refractivity contribution is 0.600. The summed E-state index contributed by atoms with van der Waals surface area (Å²) >= 11 is 0. The highest BCUT2D eigenvalue weighted by Gasteiger charge is 2.15. The number of rotatable bonds is 3. The van der Waals surface area contributed by atoms with Gasteiger partial charge in [0.2, 0.25) is 0 Å². The summed E-state index contributed by atoms with van der Waals surface area (Å²) in [5.41, 5.74) is 2.40. The van der Waals surface area contributed by atoms with Crippen molar-refractivity contribution >= 4 is 15.7 Å². The number of nitrogens with one attached hydrogen (secondary N) is 1. The highest BCUT2D eigenvalue weighted by atomic mass is 32.2. The van der Waals surface area contributed by atoms with E-state index in [-0.39, 0.29) is 0 Å². The van der Waals surface area contributed by atoms with Gasteiger partial charge in [-0.25, -0.2) is 8.42 Å². The van der Waals surface area contributed by atoms with E-state index in [1.165, 1.54) is 0 Å². The van der Waals surface area contributed by atoms with Gasteiger partial charge in [-0.1, -0.05) is 35.9 Å². The van der Waals surface area contributed by atoms with E-state index < -0.39 is 10.0 Å². The average Bonchev–Trinajstić information content (AvgIpc) is 2.32. The molecule has 94 valence electrons. The monoisotopic (exact) mass is 261 g/mol. The second-order valence-electron chi connectivity index (χ2n) is 4.24. The fraction of sp³-hybridized carbons (Fsp3) is 0.143. The standard InChI is InChI=1S/C14H15NO2S/c1-11-7-9-13(10-8-11)15-18(16,17)14-6-4-3-5-12(14)2/h3-10,15H,1-2H3. The van der Waals surface area contributed by atoms with Gasteiger partial charge in [-0.05, 0) is 37.6 Å². The molecule has 0 saturated heterocycles. The number of benzene rings is 2. The van der Waals surface area contributed by atoms with E-state index in [0.29, 0.717) is 10.6 Å². The molecule has 4 heteroatoms. The van der Waals surface area contributed by atoms with Gasteiger partial charge in [0.15, 0.2) is 0 Å². The lowest BCUT2D eigenvalue weighted by Gasteiger charge is -2.10. The summed E-state index contributed by atoms with van der Waals surface area (Å²) in [5.74, 6) is 0. The van der Waals surface area contributed by atoms with Crippen LogP contribution in [0.15, 0.2) is 53.4 Å². The van der Waals surface area contributed by atoms with Crippen molar-refractivity contribution in [3.63, 3.8) is 0 Å². The molecular formula is C14H15NO2S. The third-order valence-corrected chi connectivity index (χ3v) is 4.23. The van der Waals surface area contributed by atoms with Gasteiger partial charge in [0.05, 0.1) is 4.90 Å². The van der Waals surface area contributed by atoms with Gasteiger partial charge in [-0.2, -0.15) is 0 Å². The predicted octanol–water partition coefficient (Wildman–Crippen LogP) is 3.10. The van der Waals surface area contributed by atoms with E-state index in [2.05, 4.69) is 4.72 Å². The Labute approximate surface area is 108 Å². The van der Waals surface area contributed by atoms with E-state index in [0.717, 1.165) is 11.1 Å². The van der Waals surface area contributed by atoms with Crippen LogP contribution < -0.4 is 4.72 Å². The van der Waals surface area contributed by atoms with Crippen molar-refractivity contribution in [3.05, 3.63) is 59.7 Å². The summed E-state index contributed by atoms with van der Waals surface area (Å²) in [7, 11) is -3.51. The fourth-order valence-electron chi connectivity index (χ4n) is 1.69. The maximum atomic E-state index is 12.2. The van der Waals surface area contributed by atoms with Gasteiger partial charge in [-0.3, -0.25) is 4.72 Å². The zero-order valence-corrected chi connectivity index (χ0v) is 11.2. The van der Waals surface area contributed by atoms with Crippen molar-refractivity contribution in [1.82, 2.24) is 0 Å². The molecule has 0 aliphatic heterocycles. The van der Waals surface area contributed by atoms with E-state index >= 15 is 0 Å². The molecule has 0 fully saturated rings. The quantitative estimate of drug-likeness (QED) is 0.922. The van der Waals surface area contributed by atoms with Crippen LogP contribution in [0.4, 0.5) is 5.69 Å². The Balaban J connectivity index is 2.33. The van der Waals surface area contributed by atoms with Crippen molar-refractivity contribution in [2.24, 2.45) is 0 Å². The summed E-state index contributed by atoms with van der Waals surface area (Å²) in [6.07, 6.45) is 0. The smallest absolute Gasteiger partial charge is 0.262 e. The van der Waals surface area contributed by atoms with Crippen molar-refractivity contribution in [1.29, 1.82) is 0 Å². The summed E-state index contributed by atoms with van der Waals surface area (Å²) < 4.78 is 27.0. The number of aryl methyl sites for hydroxylation is 2. The summed E-state index contributed by atoms with van der Waals surface area (Å²) in [5, 5.41) is 0. The van der Waals surface area contributed by atoms with Crippen LogP contribution >= 0.6 is 0 Å². The van der Waals surface area contributed by atoms with Crippen molar-refractivity contribution in [2.45, 2.75) is 18.7 Å². The van der Waals surface area contributed by atoms with E-state index in [4.69, 9.17) is 0 Å². The van der Waals surface area contributed by atoms with Crippen LogP contribution in [-0.4, -0.2) is 8.42 Å². The molecule has 0 radical (unpaired) electrons. The van der Waals surface area contributed by atoms with E-state index in [1.54, 1.807) is 37.3 Å². The molecular weight excluding hydrogens is 246 g/mol. The predicted molar refractivity (Wildman–Crippen MR) is 73.2 cm³/mol. The lowest BCUT2D eigenvalue weighted by atomic mass is 10.2. The van der Waals surface area contributed by atoms with E-state index in [9.17, 15) is 8.42 Å². The Morgan fingerprint density at radius 2 is 1.50 bits per heavy atom. The topological polar surface area (TPSA) is 46.2 Å². The summed E-state index contributed by atoms with van der Waals surface area (Å²) in [6.45, 7) is 3.74. The van der Waals surface area contributed by atoms with Gasteiger partial charge in [0.25, 0.3) is 10.0 Å². The molecule has 18 heavy (non-hydrogen) atoms. The molecule has 0 aromatic heterocycles. The van der Waals surface area contributed by atoms with Crippen molar-refractivity contribution in [3.8, 4) is 0 Å². The molecule has 0 aliphatic rings. The fourth-order valence-corrected chi connectivity index (χ4v) is 3.00. The Bertz CT molecular complexity index is 646. The first kappa shape index (κ1) is 12.6. The van der Waals surface area contributed by atoms with Crippen molar-refractivity contribution < 1.29 is 8.42 Å². The second kappa shape index (κ2) is 4.82. The molecule has 0 unspecified atom stereocenters. The van der Waals surface area contributed by atoms with Crippen LogP contribution in [0.2, 0.25) is 0 Å². The first-order chi connectivity index (χ1) is 8.49. The van der Waals surface area contributed by atoms with E-state index in [1.807, 2.05) is 25.1 Å². The summed E-state index contributed by atoms with van der Waals surface area (Å²) in [4.78, 5) is 0.311. The first-order valence-corrected chi connectivity index (χ1v) is 7.12. The maximum Gasteiger partial charge on any atom is 0.262 e. The van der Waals surface area contributed by atoms with Gasteiger partial charge >= 0.3 is 0 Å². The maximum absolute atomic E-state index is 12.2. The highest BCUT2D eigenvalue weighted by molar-refractivity contribution is 7.92. The van der Waals surface area contributed by atoms with Crippen LogP contribution in [0.5, 0.6) is 0 Å². The Morgan fingerprint density at radius 1 is 0.889 bits per heavy atom. The third kappa shape index (κ3) is 2.71. The van der Waals surface area contributed by atoms with Crippen LogP contribution in [0.25, 0.3) is 0 Å².